The summed E-state index contributed by atoms with van der Waals surface area (Å²) in [7, 11) is 0. The summed E-state index contributed by atoms with van der Waals surface area (Å²) in [5, 5.41) is 13.8. The van der Waals surface area contributed by atoms with Crippen LogP contribution in [0.1, 0.15) is 53.7 Å². The van der Waals surface area contributed by atoms with E-state index in [0.29, 0.717) is 65.4 Å². The molecular formula is C29H25NO7. The molecule has 0 aliphatic carbocycles. The average Bonchev–Trinajstić information content (AvgIpc) is 3.16. The number of hydrogen-bond donors (Lipinski definition) is 0. The van der Waals surface area contributed by atoms with Gasteiger partial charge < -0.3 is 24.1 Å². The molecule has 3 aromatic carbocycles. The third-order valence-corrected chi connectivity index (χ3v) is 7.65. The topological polar surface area (TPSA) is 102 Å². The molecule has 0 N–H and O–H groups in total. The molecule has 0 aromatic heterocycles. The number of Topliss-reactive ketones (excluding diaryl/α,β-unsaturated/α-hetero) is 1. The minimum atomic E-state index is -1.28. The highest BCUT2D eigenvalue weighted by atomic mass is 16.6. The van der Waals surface area contributed by atoms with Gasteiger partial charge in [0.05, 0.1) is 18.7 Å². The zero-order valence-corrected chi connectivity index (χ0v) is 20.5. The van der Waals surface area contributed by atoms with Crippen LogP contribution in [-0.2, 0) is 19.9 Å². The van der Waals surface area contributed by atoms with Crippen molar-refractivity contribution in [2.75, 3.05) is 13.1 Å². The van der Waals surface area contributed by atoms with Crippen LogP contribution in [0.4, 0.5) is 5.69 Å². The highest BCUT2D eigenvalue weighted by molar-refractivity contribution is 5.97. The van der Waals surface area contributed by atoms with Crippen molar-refractivity contribution in [2.24, 2.45) is 5.92 Å². The molecule has 0 radical (unpaired) electrons. The number of ether oxygens (including phenoxy) is 3. The number of piperidine rings is 1. The fourth-order valence-electron chi connectivity index (χ4n) is 5.78. The van der Waals surface area contributed by atoms with Gasteiger partial charge in [0.25, 0.3) is 0 Å². The summed E-state index contributed by atoms with van der Waals surface area (Å²) >= 11 is 0. The van der Waals surface area contributed by atoms with Gasteiger partial charge in [0, 0.05) is 60.6 Å². The lowest BCUT2D eigenvalue weighted by Crippen LogP contribution is -2.50. The fourth-order valence-corrected chi connectivity index (χ4v) is 5.78. The van der Waals surface area contributed by atoms with Crippen LogP contribution in [0.2, 0.25) is 0 Å². The Labute approximate surface area is 213 Å². The van der Waals surface area contributed by atoms with Crippen molar-refractivity contribution in [2.45, 2.75) is 32.3 Å². The van der Waals surface area contributed by atoms with Crippen molar-refractivity contribution in [3.05, 3.63) is 88.1 Å². The Bertz CT molecular complexity index is 1470. The maximum atomic E-state index is 13.8. The van der Waals surface area contributed by atoms with Gasteiger partial charge in [-0.1, -0.05) is 18.2 Å². The van der Waals surface area contributed by atoms with E-state index in [1.165, 1.54) is 6.92 Å². The van der Waals surface area contributed by atoms with Crippen LogP contribution in [0.3, 0.4) is 0 Å². The zero-order valence-electron chi connectivity index (χ0n) is 20.5. The molecule has 1 spiro atoms. The first kappa shape index (κ1) is 23.4. The molecule has 6 rings (SSSR count). The third kappa shape index (κ3) is 3.55. The second-order valence-corrected chi connectivity index (χ2v) is 9.87. The lowest BCUT2D eigenvalue weighted by Gasteiger charge is -2.47. The molecule has 0 bridgehead atoms. The van der Waals surface area contributed by atoms with E-state index in [4.69, 9.17) is 14.2 Å². The Kier molecular flexibility index (Phi) is 5.22. The lowest BCUT2D eigenvalue weighted by molar-refractivity contribution is -0.131. The maximum absolute atomic E-state index is 13.8. The molecule has 3 aliphatic rings. The molecule has 3 heterocycles. The molecule has 0 saturated carbocycles. The van der Waals surface area contributed by atoms with Crippen molar-refractivity contribution in [1.82, 2.24) is 4.65 Å². The van der Waals surface area contributed by atoms with Crippen LogP contribution in [0.15, 0.2) is 60.7 Å². The van der Waals surface area contributed by atoms with Gasteiger partial charge in [-0.25, -0.2) is 4.79 Å². The number of quaternary nitrogens is 1. The molecule has 0 amide bonds. The summed E-state index contributed by atoms with van der Waals surface area (Å²) in [6.07, 6.45) is 1.06. The number of ketones is 1. The summed E-state index contributed by atoms with van der Waals surface area (Å²) in [4.78, 5) is 36.4. The Balaban J connectivity index is 1.50. The number of esters is 2. The monoisotopic (exact) mass is 499 g/mol. The summed E-state index contributed by atoms with van der Waals surface area (Å²) in [5.74, 6) is 0.135. The lowest BCUT2D eigenvalue weighted by atomic mass is 9.77. The van der Waals surface area contributed by atoms with E-state index in [9.17, 15) is 19.6 Å². The van der Waals surface area contributed by atoms with E-state index in [1.807, 2.05) is 12.1 Å². The van der Waals surface area contributed by atoms with Crippen LogP contribution in [0.25, 0.3) is 0 Å². The minimum Gasteiger partial charge on any atom is -0.627 e. The molecule has 1 saturated heterocycles. The molecule has 37 heavy (non-hydrogen) atoms. The van der Waals surface area contributed by atoms with Gasteiger partial charge in [-0.2, -0.15) is 0 Å². The van der Waals surface area contributed by atoms with Crippen molar-refractivity contribution >= 4 is 23.4 Å². The summed E-state index contributed by atoms with van der Waals surface area (Å²) in [6, 6.07) is 17.4. The van der Waals surface area contributed by atoms with Gasteiger partial charge in [-0.05, 0) is 31.2 Å². The van der Waals surface area contributed by atoms with Crippen LogP contribution < -0.4 is 14.1 Å². The zero-order chi connectivity index (χ0) is 25.9. The number of hydrogen-bond acceptors (Lipinski definition) is 7. The van der Waals surface area contributed by atoms with Crippen molar-refractivity contribution in [3.63, 3.8) is 0 Å². The van der Waals surface area contributed by atoms with E-state index >= 15 is 0 Å². The highest BCUT2D eigenvalue weighted by Gasteiger charge is 2.53. The van der Waals surface area contributed by atoms with E-state index in [0.717, 1.165) is 0 Å². The smallest absolute Gasteiger partial charge is 0.340 e. The Morgan fingerprint density at radius 2 is 1.62 bits per heavy atom. The molecular weight excluding hydrogens is 474 g/mol. The summed E-state index contributed by atoms with van der Waals surface area (Å²) < 4.78 is 17.1. The van der Waals surface area contributed by atoms with E-state index in [1.54, 1.807) is 55.5 Å². The quantitative estimate of drug-likeness (QED) is 0.217. The number of carbonyl (C=O) groups is 3. The van der Waals surface area contributed by atoms with Gasteiger partial charge in [0.2, 0.25) is 0 Å². The number of nitrogens with zero attached hydrogens (tertiary/aromatic N) is 1. The number of fused-ring (bicyclic) bond motifs is 6. The summed E-state index contributed by atoms with van der Waals surface area (Å²) in [6.45, 7) is 3.47. The number of hydroxylamine groups is 2. The predicted octanol–water partition coefficient (Wildman–Crippen LogP) is 4.98. The summed E-state index contributed by atoms with van der Waals surface area (Å²) in [5.41, 5.74) is 1.55. The van der Waals surface area contributed by atoms with Gasteiger partial charge in [0.1, 0.15) is 28.7 Å². The second kappa shape index (κ2) is 8.26. The highest BCUT2D eigenvalue weighted by Crippen LogP contribution is 2.57. The molecule has 1 unspecified atom stereocenters. The van der Waals surface area contributed by atoms with Crippen LogP contribution in [0, 0.1) is 11.1 Å². The van der Waals surface area contributed by atoms with Crippen molar-refractivity contribution in [3.8, 4) is 17.2 Å². The molecule has 188 valence electrons. The average molecular weight is 500 g/mol. The standard InChI is InChI=1S/C29H25NO7/c1-17(31)19-11-13-30(34,14-12-19)20-7-9-24-26(15-20)36-27-16-21(35-18(2)32)8-10-25(27)29(24)23-6-4-3-5-22(23)28(33)37-29/h3-10,15-16,19H,11-14H2,1-2H3. The molecule has 8 heteroatoms. The first-order chi connectivity index (χ1) is 17.7. The molecule has 1 fully saturated rings. The van der Waals surface area contributed by atoms with Crippen molar-refractivity contribution in [1.29, 1.82) is 0 Å². The maximum Gasteiger partial charge on any atom is 0.340 e. The first-order valence-electron chi connectivity index (χ1n) is 12.3. The fraction of sp³-hybridized carbons (Fsp3) is 0.276. The molecule has 8 nitrogen and oxygen atoms in total. The van der Waals surface area contributed by atoms with Crippen LogP contribution in [-0.4, -0.2) is 30.8 Å². The Morgan fingerprint density at radius 1 is 0.946 bits per heavy atom. The predicted molar refractivity (Wildman–Crippen MR) is 134 cm³/mol. The van der Waals surface area contributed by atoms with Gasteiger partial charge in [0.15, 0.2) is 5.60 Å². The SMILES string of the molecule is CC(=O)Oc1ccc2c(c1)Oc1cc([N+]3([O-])CCC(C(C)=O)CC3)ccc1C21OC(=O)c2ccccc21. The number of benzene rings is 3. The van der Waals surface area contributed by atoms with E-state index in [2.05, 4.69) is 0 Å². The second-order valence-electron chi connectivity index (χ2n) is 9.87. The van der Waals surface area contributed by atoms with E-state index < -0.39 is 22.2 Å². The van der Waals surface area contributed by atoms with Crippen LogP contribution >= 0.6 is 0 Å². The molecule has 1 atom stereocenters. The third-order valence-electron chi connectivity index (χ3n) is 7.65. The van der Waals surface area contributed by atoms with Gasteiger partial charge in [-0.3, -0.25) is 9.59 Å². The van der Waals surface area contributed by atoms with Gasteiger partial charge >= 0.3 is 11.9 Å². The van der Waals surface area contributed by atoms with E-state index in [-0.39, 0.29) is 17.5 Å². The number of carbonyl (C=O) groups excluding carboxylic acids is 3. The van der Waals surface area contributed by atoms with Crippen molar-refractivity contribution < 1.29 is 28.6 Å². The Morgan fingerprint density at radius 3 is 2.32 bits per heavy atom. The molecule has 3 aromatic rings. The van der Waals surface area contributed by atoms with Gasteiger partial charge in [-0.15, -0.1) is 0 Å². The molecule has 3 aliphatic heterocycles. The minimum absolute atomic E-state index is 0.0849. The number of rotatable bonds is 3. The first-order valence-corrected chi connectivity index (χ1v) is 12.3. The normalized spacial score (nSPS) is 25.4. The Hall–Kier alpha value is -4.01. The van der Waals surface area contributed by atoms with Crippen LogP contribution in [0.5, 0.6) is 17.2 Å². The largest absolute Gasteiger partial charge is 0.627 e.